The molecule has 5 heteroatoms. The number of fused-ring (bicyclic) bond motifs is 4. The first-order chi connectivity index (χ1) is 19.0. The Bertz CT molecular complexity index is 1800. The maximum Gasteiger partial charge on any atom is 0.339 e. The van der Waals surface area contributed by atoms with Crippen molar-refractivity contribution in [2.24, 2.45) is 0 Å². The average Bonchev–Trinajstić information content (AvgIpc) is 2.87. The Balaban J connectivity index is 1.70. The summed E-state index contributed by atoms with van der Waals surface area (Å²) >= 11 is 0. The van der Waals surface area contributed by atoms with Crippen LogP contribution in [0.25, 0.3) is 16.7 Å². The van der Waals surface area contributed by atoms with Crippen LogP contribution in [0.1, 0.15) is 74.2 Å². The highest BCUT2D eigenvalue weighted by molar-refractivity contribution is 6.00. The molecular weight excluding hydrogens is 496 g/mol. The summed E-state index contributed by atoms with van der Waals surface area (Å²) < 4.78 is 12.2. The summed E-state index contributed by atoms with van der Waals surface area (Å²) in [5, 5.41) is 5.61. The Morgan fingerprint density at radius 3 is 2.48 bits per heavy atom. The zero-order valence-corrected chi connectivity index (χ0v) is 24.0. The molecule has 40 heavy (non-hydrogen) atoms. The number of carbonyl (C=O) groups is 1. The molecule has 0 aliphatic carbocycles. The van der Waals surface area contributed by atoms with Gasteiger partial charge < -0.3 is 14.8 Å². The number of hydrogen-bond donors (Lipinski definition) is 2. The number of benzene rings is 3. The number of carbonyl (C=O) groups excluding carboxylic acids is 1. The molecule has 3 heterocycles. The molecule has 0 bridgehead atoms. The Morgan fingerprint density at radius 1 is 0.950 bits per heavy atom. The second kappa shape index (κ2) is 9.09. The summed E-state index contributed by atoms with van der Waals surface area (Å²) in [5.41, 5.74) is 8.50. The summed E-state index contributed by atoms with van der Waals surface area (Å²) in [7, 11) is 0. The van der Waals surface area contributed by atoms with Crippen molar-refractivity contribution in [3.8, 4) is 11.5 Å². The van der Waals surface area contributed by atoms with Crippen LogP contribution in [0, 0.1) is 0 Å². The Kier molecular flexibility index (Phi) is 5.88. The van der Waals surface area contributed by atoms with Gasteiger partial charge in [-0.1, -0.05) is 36.9 Å². The lowest BCUT2D eigenvalue weighted by Gasteiger charge is -2.33. The summed E-state index contributed by atoms with van der Waals surface area (Å²) in [6.07, 6.45) is 6.08. The highest BCUT2D eigenvalue weighted by Gasteiger charge is 2.31. The summed E-state index contributed by atoms with van der Waals surface area (Å²) in [6.45, 7) is 16.8. The molecule has 5 nitrogen and oxygen atoms in total. The predicted molar refractivity (Wildman–Crippen MR) is 160 cm³/mol. The lowest BCUT2D eigenvalue weighted by molar-refractivity contribution is -0.568. The Morgan fingerprint density at radius 2 is 1.70 bits per heavy atom. The van der Waals surface area contributed by atoms with Crippen LogP contribution < -0.4 is 25.6 Å². The fourth-order valence-electron chi connectivity index (χ4n) is 6.23. The number of anilines is 1. The molecule has 0 aromatic heterocycles. The van der Waals surface area contributed by atoms with E-state index in [1.54, 1.807) is 6.08 Å². The largest absolute Gasteiger partial charge is 0.458 e. The van der Waals surface area contributed by atoms with E-state index < -0.39 is 0 Å². The molecule has 3 aliphatic heterocycles. The summed E-state index contributed by atoms with van der Waals surface area (Å²) in [5.74, 6) is 1.11. The number of allylic oxidation sites excluding steroid dienone is 2. The molecule has 202 valence electrons. The van der Waals surface area contributed by atoms with Crippen molar-refractivity contribution in [2.45, 2.75) is 52.6 Å². The highest BCUT2D eigenvalue weighted by atomic mass is 16.5. The van der Waals surface area contributed by atoms with E-state index in [4.69, 9.17) is 9.47 Å². The second-order valence-electron chi connectivity index (χ2n) is 12.0. The number of rotatable bonds is 4. The van der Waals surface area contributed by atoms with Gasteiger partial charge in [0, 0.05) is 53.1 Å². The second-order valence-corrected chi connectivity index (χ2v) is 12.0. The third-order valence-electron chi connectivity index (χ3n) is 7.66. The van der Waals surface area contributed by atoms with Crippen LogP contribution in [0.15, 0.2) is 73.3 Å². The minimum atomic E-state index is -0.382. The number of hydrogen-bond acceptors (Lipinski definition) is 4. The minimum absolute atomic E-state index is 0.149. The van der Waals surface area contributed by atoms with Crippen LogP contribution in [0.5, 0.6) is 11.5 Å². The van der Waals surface area contributed by atoms with E-state index in [1.807, 2.05) is 24.3 Å². The van der Waals surface area contributed by atoms with Gasteiger partial charge >= 0.3 is 5.97 Å². The van der Waals surface area contributed by atoms with Gasteiger partial charge in [0.05, 0.1) is 17.2 Å². The molecule has 0 amide bonds. The summed E-state index contributed by atoms with van der Waals surface area (Å²) in [6, 6.07) is 16.2. The first-order valence-corrected chi connectivity index (χ1v) is 13.7. The SMILES string of the molecule is C=CCOC(=O)c1ccccc1C1=c2cc3c(cc2Oc2cc4c(cc21)C(C)=CC(C)(C)N4)=[NH+]C(C)(C)C=C3C. The molecule has 2 N–H and O–H groups in total. The van der Waals surface area contributed by atoms with Gasteiger partial charge in [-0.05, 0) is 68.7 Å². The zero-order valence-electron chi connectivity index (χ0n) is 24.0. The third kappa shape index (κ3) is 4.36. The molecule has 3 aromatic carbocycles. The van der Waals surface area contributed by atoms with Crippen LogP contribution in [0.2, 0.25) is 0 Å². The van der Waals surface area contributed by atoms with E-state index in [0.717, 1.165) is 55.6 Å². The van der Waals surface area contributed by atoms with Crippen molar-refractivity contribution in [3.63, 3.8) is 0 Å². The molecule has 0 unspecified atom stereocenters. The first-order valence-electron chi connectivity index (χ1n) is 13.7. The predicted octanol–water partition coefficient (Wildman–Crippen LogP) is 4.89. The maximum atomic E-state index is 13.3. The van der Waals surface area contributed by atoms with Crippen molar-refractivity contribution in [3.05, 3.63) is 112 Å². The minimum Gasteiger partial charge on any atom is -0.458 e. The van der Waals surface area contributed by atoms with Crippen molar-refractivity contribution < 1.29 is 19.3 Å². The van der Waals surface area contributed by atoms with Gasteiger partial charge in [-0.3, -0.25) is 0 Å². The van der Waals surface area contributed by atoms with Crippen molar-refractivity contribution in [2.75, 3.05) is 11.9 Å². The maximum absolute atomic E-state index is 13.3. The number of nitrogens with one attached hydrogen (secondary N) is 2. The van der Waals surface area contributed by atoms with Gasteiger partial charge in [-0.25, -0.2) is 9.79 Å². The highest BCUT2D eigenvalue weighted by Crippen LogP contribution is 2.44. The van der Waals surface area contributed by atoms with Gasteiger partial charge in [0.25, 0.3) is 0 Å². The van der Waals surface area contributed by atoms with Crippen LogP contribution in [-0.2, 0) is 4.74 Å². The van der Waals surface area contributed by atoms with Crippen LogP contribution >= 0.6 is 0 Å². The monoisotopic (exact) mass is 531 g/mol. The molecule has 0 fully saturated rings. The van der Waals surface area contributed by atoms with Gasteiger partial charge in [0.1, 0.15) is 18.1 Å². The topological polar surface area (TPSA) is 61.5 Å². The van der Waals surface area contributed by atoms with Crippen molar-refractivity contribution in [1.82, 2.24) is 0 Å². The average molecular weight is 532 g/mol. The lowest BCUT2D eigenvalue weighted by atomic mass is 9.84. The number of ether oxygens (including phenoxy) is 2. The van der Waals surface area contributed by atoms with E-state index in [2.05, 4.69) is 94.8 Å². The van der Waals surface area contributed by atoms with E-state index in [-0.39, 0.29) is 23.7 Å². The van der Waals surface area contributed by atoms with Crippen LogP contribution in [-0.4, -0.2) is 23.7 Å². The zero-order chi connectivity index (χ0) is 28.4. The van der Waals surface area contributed by atoms with E-state index in [1.165, 1.54) is 11.1 Å². The Hall–Kier alpha value is -4.38. The smallest absolute Gasteiger partial charge is 0.339 e. The van der Waals surface area contributed by atoms with E-state index in [9.17, 15) is 4.79 Å². The molecule has 0 saturated heterocycles. The molecule has 0 radical (unpaired) electrons. The lowest BCUT2D eigenvalue weighted by Crippen LogP contribution is -2.89. The van der Waals surface area contributed by atoms with Gasteiger partial charge in [-0.2, -0.15) is 0 Å². The normalized spacial score (nSPS) is 17.3. The number of esters is 1. The van der Waals surface area contributed by atoms with E-state index >= 15 is 0 Å². The molecule has 0 saturated carbocycles. The van der Waals surface area contributed by atoms with Gasteiger partial charge in [0.15, 0.2) is 5.54 Å². The molecule has 0 atom stereocenters. The molecular formula is C35H35N2O3+. The standard InChI is InChI=1S/C35H34N2O3/c1-8-13-39-33(38)23-12-10-9-11-22(23)32-26-14-24-20(2)18-34(4,5)36-28(24)16-30(26)40-31-17-29-25(15-27(31)32)21(3)19-35(6,7)37-29/h8-12,14-19,36H,1,13H2,2-7H3/p+1. The first kappa shape index (κ1) is 25.9. The molecule has 3 aromatic rings. The fraction of sp³-hybridized carbons (Fsp3) is 0.257. The van der Waals surface area contributed by atoms with Crippen LogP contribution in [0.3, 0.4) is 0 Å². The van der Waals surface area contributed by atoms with Gasteiger partial charge in [0.2, 0.25) is 5.36 Å². The molecule has 0 spiro atoms. The van der Waals surface area contributed by atoms with E-state index in [0.29, 0.717) is 5.56 Å². The Labute approximate surface area is 235 Å². The molecule has 3 aliphatic rings. The van der Waals surface area contributed by atoms with Crippen molar-refractivity contribution >= 4 is 28.4 Å². The summed E-state index contributed by atoms with van der Waals surface area (Å²) in [4.78, 5) is 16.9. The quantitative estimate of drug-likeness (QED) is 0.291. The van der Waals surface area contributed by atoms with Crippen molar-refractivity contribution in [1.29, 1.82) is 0 Å². The van der Waals surface area contributed by atoms with Crippen LogP contribution in [0.4, 0.5) is 5.69 Å². The fourth-order valence-corrected chi connectivity index (χ4v) is 6.23. The van der Waals surface area contributed by atoms with Gasteiger partial charge in [-0.15, -0.1) is 0 Å². The third-order valence-corrected chi connectivity index (χ3v) is 7.66. The molecule has 6 rings (SSSR count).